The van der Waals surface area contributed by atoms with Crippen LogP contribution in [0, 0.1) is 6.92 Å². The van der Waals surface area contributed by atoms with Crippen molar-refractivity contribution in [3.63, 3.8) is 0 Å². The summed E-state index contributed by atoms with van der Waals surface area (Å²) in [7, 11) is -3.77. The van der Waals surface area contributed by atoms with Crippen LogP contribution in [0.2, 0.25) is 0 Å². The highest BCUT2D eigenvalue weighted by molar-refractivity contribution is 9.10. The number of carbonyl (C=O) groups is 2. The molecular formula is C23H22BrN3O6S2. The van der Waals surface area contributed by atoms with Gasteiger partial charge in [0.15, 0.2) is 11.7 Å². The molecule has 2 heterocycles. The summed E-state index contributed by atoms with van der Waals surface area (Å²) in [6.45, 7) is 2.26. The molecule has 0 spiro atoms. The average molecular weight is 580 g/mol. The Morgan fingerprint density at radius 1 is 1.20 bits per heavy atom. The second-order valence-corrected chi connectivity index (χ2v) is 11.4. The number of nitrogens with one attached hydrogen (secondary N) is 1. The zero-order valence-electron chi connectivity index (χ0n) is 18.7. The molecular weight excluding hydrogens is 558 g/mol. The fourth-order valence-electron chi connectivity index (χ4n) is 3.39. The molecule has 2 aromatic carbocycles. The maximum Gasteiger partial charge on any atom is 0.338 e. The fraction of sp³-hybridized carbons (Fsp3) is 0.261. The third-order valence-electron chi connectivity index (χ3n) is 5.24. The fourth-order valence-corrected chi connectivity index (χ4v) is 5.96. The molecule has 1 aromatic heterocycles. The summed E-state index contributed by atoms with van der Waals surface area (Å²) >= 11 is 4.67. The molecule has 12 heteroatoms. The first-order chi connectivity index (χ1) is 16.7. The number of thiazole rings is 1. The number of aryl methyl sites for hydroxylation is 1. The van der Waals surface area contributed by atoms with E-state index in [4.69, 9.17) is 9.47 Å². The SMILES string of the molecule is Cc1ccc(S(=O)(=O)N2CCOCC2)cc1C(=O)OCC(=O)Nc1nc(-c2cccc(Br)c2)cs1. The number of amides is 1. The summed E-state index contributed by atoms with van der Waals surface area (Å²) in [5.74, 6) is -1.34. The molecule has 1 saturated heterocycles. The van der Waals surface area contributed by atoms with Crippen molar-refractivity contribution < 1.29 is 27.5 Å². The molecule has 3 aromatic rings. The number of aromatic nitrogens is 1. The summed E-state index contributed by atoms with van der Waals surface area (Å²) in [5.41, 5.74) is 2.22. The van der Waals surface area contributed by atoms with E-state index in [1.807, 2.05) is 29.6 Å². The molecule has 9 nitrogen and oxygen atoms in total. The number of ether oxygens (including phenoxy) is 2. The molecule has 0 atom stereocenters. The molecule has 1 fully saturated rings. The largest absolute Gasteiger partial charge is 0.452 e. The highest BCUT2D eigenvalue weighted by Gasteiger charge is 2.27. The Hall–Kier alpha value is -2.64. The van der Waals surface area contributed by atoms with E-state index in [0.717, 1.165) is 10.0 Å². The van der Waals surface area contributed by atoms with Gasteiger partial charge in [0.25, 0.3) is 5.91 Å². The number of hydrogen-bond acceptors (Lipinski definition) is 8. The lowest BCUT2D eigenvalue weighted by Crippen LogP contribution is -2.40. The number of benzene rings is 2. The van der Waals surface area contributed by atoms with Crippen LogP contribution in [0.4, 0.5) is 5.13 Å². The Balaban J connectivity index is 1.38. The van der Waals surface area contributed by atoms with Gasteiger partial charge in [-0.1, -0.05) is 34.1 Å². The highest BCUT2D eigenvalue weighted by atomic mass is 79.9. The monoisotopic (exact) mass is 579 g/mol. The quantitative estimate of drug-likeness (QED) is 0.424. The number of morpholine rings is 1. The van der Waals surface area contributed by atoms with Crippen LogP contribution in [0.25, 0.3) is 11.3 Å². The predicted molar refractivity (Wildman–Crippen MR) is 135 cm³/mol. The molecule has 0 bridgehead atoms. The van der Waals surface area contributed by atoms with E-state index in [1.165, 1.54) is 27.8 Å². The van der Waals surface area contributed by atoms with E-state index in [2.05, 4.69) is 26.2 Å². The van der Waals surface area contributed by atoms with Gasteiger partial charge in [0.05, 0.1) is 29.4 Å². The topological polar surface area (TPSA) is 115 Å². The summed E-state index contributed by atoms with van der Waals surface area (Å²) < 4.78 is 38.4. The van der Waals surface area contributed by atoms with Crippen molar-refractivity contribution in [3.8, 4) is 11.3 Å². The second kappa shape index (κ2) is 11.0. The third kappa shape index (κ3) is 6.14. The molecule has 1 N–H and O–H groups in total. The lowest BCUT2D eigenvalue weighted by atomic mass is 10.1. The molecule has 0 radical (unpaired) electrons. The molecule has 184 valence electrons. The Morgan fingerprint density at radius 3 is 2.71 bits per heavy atom. The predicted octanol–water partition coefficient (Wildman–Crippen LogP) is 3.70. The van der Waals surface area contributed by atoms with E-state index in [1.54, 1.807) is 13.0 Å². The lowest BCUT2D eigenvalue weighted by molar-refractivity contribution is -0.119. The summed E-state index contributed by atoms with van der Waals surface area (Å²) in [6.07, 6.45) is 0. The molecule has 1 aliphatic rings. The number of nitrogens with zero attached hydrogens (tertiary/aromatic N) is 2. The van der Waals surface area contributed by atoms with Crippen LogP contribution in [0.3, 0.4) is 0 Å². The molecule has 1 aliphatic heterocycles. The molecule has 4 rings (SSSR count). The standard InChI is InChI=1S/C23H22BrN3O6S2/c1-15-5-6-18(35(30,31)27-7-9-32-10-8-27)12-19(15)22(29)33-13-21(28)26-23-25-20(14-34-23)16-3-2-4-17(24)11-16/h2-6,11-12,14H,7-10,13H2,1H3,(H,25,26,28). The van der Waals surface area contributed by atoms with Crippen molar-refractivity contribution in [2.45, 2.75) is 11.8 Å². The number of rotatable bonds is 7. The smallest absolute Gasteiger partial charge is 0.338 e. The molecule has 1 amide bonds. The summed E-state index contributed by atoms with van der Waals surface area (Å²) in [5, 5.41) is 4.80. The number of carbonyl (C=O) groups excluding carboxylic acids is 2. The van der Waals surface area contributed by atoms with Crippen LogP contribution in [0.5, 0.6) is 0 Å². The third-order valence-corrected chi connectivity index (χ3v) is 8.39. The number of sulfonamides is 1. The first-order valence-corrected chi connectivity index (χ1v) is 13.7. The van der Waals surface area contributed by atoms with Crippen LogP contribution >= 0.6 is 27.3 Å². The van der Waals surface area contributed by atoms with Gasteiger partial charge in [0, 0.05) is 28.5 Å². The van der Waals surface area contributed by atoms with E-state index in [-0.39, 0.29) is 23.5 Å². The van der Waals surface area contributed by atoms with Crippen molar-refractivity contribution in [1.29, 1.82) is 0 Å². The zero-order chi connectivity index (χ0) is 25.0. The van der Waals surface area contributed by atoms with Crippen LogP contribution in [-0.4, -0.2) is 62.5 Å². The van der Waals surface area contributed by atoms with E-state index < -0.39 is 28.5 Å². The van der Waals surface area contributed by atoms with Crippen molar-refractivity contribution in [1.82, 2.24) is 9.29 Å². The number of halogens is 1. The van der Waals surface area contributed by atoms with Crippen LogP contribution in [0.1, 0.15) is 15.9 Å². The van der Waals surface area contributed by atoms with E-state index >= 15 is 0 Å². The zero-order valence-corrected chi connectivity index (χ0v) is 21.9. The lowest BCUT2D eigenvalue weighted by Gasteiger charge is -2.26. The molecule has 0 aliphatic carbocycles. The van der Waals surface area contributed by atoms with Gasteiger partial charge >= 0.3 is 5.97 Å². The van der Waals surface area contributed by atoms with Crippen molar-refractivity contribution in [2.24, 2.45) is 0 Å². The van der Waals surface area contributed by atoms with Crippen molar-refractivity contribution in [3.05, 3.63) is 63.4 Å². The first-order valence-electron chi connectivity index (χ1n) is 10.6. The van der Waals surface area contributed by atoms with Gasteiger partial charge in [-0.3, -0.25) is 10.1 Å². The number of esters is 1. The van der Waals surface area contributed by atoms with Crippen molar-refractivity contribution >= 4 is 54.3 Å². The highest BCUT2D eigenvalue weighted by Crippen LogP contribution is 2.27. The van der Waals surface area contributed by atoms with Crippen LogP contribution < -0.4 is 5.32 Å². The number of anilines is 1. The number of hydrogen-bond donors (Lipinski definition) is 1. The van der Waals surface area contributed by atoms with Gasteiger partial charge < -0.3 is 9.47 Å². The Morgan fingerprint density at radius 2 is 1.97 bits per heavy atom. The molecule has 0 saturated carbocycles. The Kier molecular flexibility index (Phi) is 7.97. The van der Waals surface area contributed by atoms with Gasteiger partial charge in [-0.25, -0.2) is 18.2 Å². The van der Waals surface area contributed by atoms with Gasteiger partial charge in [0.1, 0.15) is 0 Å². The summed E-state index contributed by atoms with van der Waals surface area (Å²) in [4.78, 5) is 29.4. The van der Waals surface area contributed by atoms with Gasteiger partial charge in [-0.05, 0) is 36.8 Å². The first kappa shape index (κ1) is 25.5. The minimum absolute atomic E-state index is 0.00994. The van der Waals surface area contributed by atoms with E-state index in [0.29, 0.717) is 29.6 Å². The maximum absolute atomic E-state index is 12.9. The maximum atomic E-state index is 12.9. The van der Waals surface area contributed by atoms with Crippen LogP contribution in [-0.2, 0) is 24.3 Å². The Labute approximate surface area is 215 Å². The van der Waals surface area contributed by atoms with Crippen LogP contribution in [0.15, 0.2) is 57.2 Å². The minimum Gasteiger partial charge on any atom is -0.452 e. The van der Waals surface area contributed by atoms with Crippen molar-refractivity contribution in [2.75, 3.05) is 38.2 Å². The molecule has 35 heavy (non-hydrogen) atoms. The second-order valence-electron chi connectivity index (χ2n) is 7.67. The minimum atomic E-state index is -3.77. The van der Waals surface area contributed by atoms with Gasteiger partial charge in [0.2, 0.25) is 10.0 Å². The Bertz CT molecular complexity index is 1350. The summed E-state index contributed by atoms with van der Waals surface area (Å²) in [6, 6.07) is 11.9. The van der Waals surface area contributed by atoms with E-state index in [9.17, 15) is 18.0 Å². The average Bonchev–Trinajstić information content (AvgIpc) is 3.31. The van der Waals surface area contributed by atoms with Gasteiger partial charge in [-0.15, -0.1) is 11.3 Å². The van der Waals surface area contributed by atoms with Gasteiger partial charge in [-0.2, -0.15) is 4.31 Å². The molecule has 0 unspecified atom stereocenters. The normalized spacial score (nSPS) is 14.5.